The zero-order valence-electron chi connectivity index (χ0n) is 15.4. The molecule has 1 amide bonds. The van der Waals surface area contributed by atoms with E-state index in [-0.39, 0.29) is 11.3 Å². The first-order chi connectivity index (χ1) is 13.0. The first kappa shape index (κ1) is 18.7. The van der Waals surface area contributed by atoms with Gasteiger partial charge in [0.2, 0.25) is 0 Å². The van der Waals surface area contributed by atoms with Gasteiger partial charge in [-0.05, 0) is 36.4 Å². The van der Waals surface area contributed by atoms with Crippen LogP contribution in [0.5, 0.6) is 5.75 Å². The molecular formula is C19H23N4O4+. The van der Waals surface area contributed by atoms with Crippen LogP contribution in [0.4, 0.5) is 17.1 Å². The number of nitro groups is 1. The van der Waals surface area contributed by atoms with E-state index in [0.717, 1.165) is 26.2 Å². The monoisotopic (exact) mass is 371 g/mol. The molecule has 142 valence electrons. The van der Waals surface area contributed by atoms with Crippen LogP contribution in [0.15, 0.2) is 42.5 Å². The molecule has 2 N–H and O–H groups in total. The smallest absolute Gasteiger partial charge is 0.293 e. The van der Waals surface area contributed by atoms with Gasteiger partial charge < -0.3 is 19.9 Å². The molecule has 0 saturated carbocycles. The maximum Gasteiger partial charge on any atom is 0.293 e. The third kappa shape index (κ3) is 4.35. The van der Waals surface area contributed by atoms with Gasteiger partial charge in [0.05, 0.1) is 45.3 Å². The van der Waals surface area contributed by atoms with Gasteiger partial charge in [-0.1, -0.05) is 0 Å². The van der Waals surface area contributed by atoms with Gasteiger partial charge in [0.15, 0.2) is 0 Å². The number of nitrogens with zero attached hydrogens (tertiary/aromatic N) is 2. The molecule has 1 heterocycles. The van der Waals surface area contributed by atoms with Gasteiger partial charge in [-0.25, -0.2) is 0 Å². The zero-order valence-corrected chi connectivity index (χ0v) is 15.4. The number of nitrogens with one attached hydrogen (secondary N) is 2. The van der Waals surface area contributed by atoms with E-state index in [1.807, 2.05) is 4.90 Å². The van der Waals surface area contributed by atoms with Crippen LogP contribution in [0.2, 0.25) is 0 Å². The molecular weight excluding hydrogens is 348 g/mol. The first-order valence-corrected chi connectivity index (χ1v) is 8.78. The summed E-state index contributed by atoms with van der Waals surface area (Å²) in [5, 5.41) is 14.3. The lowest BCUT2D eigenvalue weighted by Crippen LogP contribution is -3.12. The van der Waals surface area contributed by atoms with Crippen molar-refractivity contribution in [2.75, 3.05) is 50.6 Å². The van der Waals surface area contributed by atoms with Crippen molar-refractivity contribution >= 4 is 23.0 Å². The summed E-state index contributed by atoms with van der Waals surface area (Å²) in [4.78, 5) is 27.0. The molecule has 27 heavy (non-hydrogen) atoms. The quantitative estimate of drug-likeness (QED) is 0.609. The molecule has 1 aliphatic rings. The third-order valence-corrected chi connectivity index (χ3v) is 4.74. The number of hydrogen-bond donors (Lipinski definition) is 2. The number of nitro benzene ring substituents is 1. The van der Waals surface area contributed by atoms with Crippen molar-refractivity contribution in [2.24, 2.45) is 0 Å². The highest BCUT2D eigenvalue weighted by molar-refractivity contribution is 6.05. The highest BCUT2D eigenvalue weighted by atomic mass is 16.6. The number of ether oxygens (including phenoxy) is 1. The number of benzene rings is 2. The Bertz CT molecular complexity index is 830. The summed E-state index contributed by atoms with van der Waals surface area (Å²) in [6, 6.07) is 11.5. The maximum absolute atomic E-state index is 12.5. The summed E-state index contributed by atoms with van der Waals surface area (Å²) in [5.74, 6) is 0.291. The molecule has 0 bridgehead atoms. The maximum atomic E-state index is 12.5. The van der Waals surface area contributed by atoms with Crippen LogP contribution in [-0.4, -0.2) is 51.2 Å². The van der Waals surface area contributed by atoms with Crippen LogP contribution in [0.1, 0.15) is 10.4 Å². The Balaban J connectivity index is 1.80. The Labute approximate surface area is 157 Å². The van der Waals surface area contributed by atoms with Crippen molar-refractivity contribution < 1.29 is 19.4 Å². The molecule has 0 radical (unpaired) electrons. The SMILES string of the molecule is COc1ccc(NC(=O)c2ccc(N3CC[NH+](C)CC3)c([N+](=O)[O-])c2)cc1. The fourth-order valence-corrected chi connectivity index (χ4v) is 3.09. The predicted molar refractivity (Wildman–Crippen MR) is 103 cm³/mol. The van der Waals surface area contributed by atoms with E-state index in [1.54, 1.807) is 43.5 Å². The minimum atomic E-state index is -0.426. The Hall–Kier alpha value is -3.13. The van der Waals surface area contributed by atoms with E-state index >= 15 is 0 Å². The summed E-state index contributed by atoms with van der Waals surface area (Å²) >= 11 is 0. The van der Waals surface area contributed by atoms with Gasteiger partial charge in [0, 0.05) is 17.3 Å². The predicted octanol–water partition coefficient (Wildman–Crippen LogP) is 1.19. The van der Waals surface area contributed by atoms with Crippen molar-refractivity contribution in [3.05, 3.63) is 58.1 Å². The summed E-state index contributed by atoms with van der Waals surface area (Å²) in [6.45, 7) is 3.36. The van der Waals surface area contributed by atoms with Crippen molar-refractivity contribution in [1.82, 2.24) is 0 Å². The molecule has 0 unspecified atom stereocenters. The molecule has 0 aliphatic carbocycles. The molecule has 3 rings (SSSR count). The third-order valence-electron chi connectivity index (χ3n) is 4.74. The van der Waals surface area contributed by atoms with Crippen molar-refractivity contribution in [1.29, 1.82) is 0 Å². The van der Waals surface area contributed by atoms with Crippen LogP contribution < -0.4 is 19.9 Å². The van der Waals surface area contributed by atoms with Gasteiger partial charge in [-0.15, -0.1) is 0 Å². The molecule has 0 aromatic heterocycles. The average Bonchev–Trinajstić information content (AvgIpc) is 2.68. The second-order valence-corrected chi connectivity index (χ2v) is 6.59. The molecule has 2 aromatic rings. The largest absolute Gasteiger partial charge is 0.497 e. The van der Waals surface area contributed by atoms with E-state index in [9.17, 15) is 14.9 Å². The minimum absolute atomic E-state index is 0.0445. The van der Waals surface area contributed by atoms with E-state index < -0.39 is 10.8 Å². The van der Waals surface area contributed by atoms with Crippen molar-refractivity contribution in [3.8, 4) is 5.75 Å². The number of methoxy groups -OCH3 is 1. The molecule has 0 spiro atoms. The zero-order chi connectivity index (χ0) is 19.4. The number of carbonyl (C=O) groups excluding carboxylic acids is 1. The van der Waals surface area contributed by atoms with Crippen molar-refractivity contribution in [2.45, 2.75) is 0 Å². The Morgan fingerprint density at radius 3 is 2.44 bits per heavy atom. The lowest BCUT2D eigenvalue weighted by Gasteiger charge is -2.31. The lowest BCUT2D eigenvalue weighted by atomic mass is 10.1. The topological polar surface area (TPSA) is 89.2 Å². The van der Waals surface area contributed by atoms with Gasteiger partial charge in [0.25, 0.3) is 11.6 Å². The van der Waals surface area contributed by atoms with Gasteiger partial charge >= 0.3 is 0 Å². The standard InChI is InChI=1S/C19H22N4O4/c1-21-9-11-22(12-10-21)17-8-3-14(13-18(17)23(25)26)19(24)20-15-4-6-16(27-2)7-5-15/h3-8,13H,9-12H2,1-2H3,(H,20,24)/p+1. The van der Waals surface area contributed by atoms with Crippen LogP contribution in [0.3, 0.4) is 0 Å². The van der Waals surface area contributed by atoms with E-state index in [4.69, 9.17) is 4.74 Å². The molecule has 1 fully saturated rings. The summed E-state index contributed by atoms with van der Waals surface area (Å²) in [6.07, 6.45) is 0. The van der Waals surface area contributed by atoms with E-state index in [1.165, 1.54) is 11.0 Å². The number of hydrogen-bond acceptors (Lipinski definition) is 5. The molecule has 0 atom stereocenters. The number of amides is 1. The van der Waals surface area contributed by atoms with E-state index in [2.05, 4.69) is 12.4 Å². The van der Waals surface area contributed by atoms with Crippen LogP contribution in [0, 0.1) is 10.1 Å². The molecule has 1 saturated heterocycles. The summed E-state index contributed by atoms with van der Waals surface area (Å²) in [7, 11) is 3.67. The molecule has 8 heteroatoms. The van der Waals surface area contributed by atoms with Crippen molar-refractivity contribution in [3.63, 3.8) is 0 Å². The Morgan fingerprint density at radius 2 is 1.85 bits per heavy atom. The van der Waals surface area contributed by atoms with Gasteiger partial charge in [-0.3, -0.25) is 14.9 Å². The number of likely N-dealkylation sites (N-methyl/N-ethyl adjacent to an activating group) is 1. The number of anilines is 2. The number of quaternary nitrogens is 1. The fraction of sp³-hybridized carbons (Fsp3) is 0.316. The number of carbonyl (C=O) groups is 1. The Morgan fingerprint density at radius 1 is 1.19 bits per heavy atom. The highest BCUT2D eigenvalue weighted by Crippen LogP contribution is 2.29. The lowest BCUT2D eigenvalue weighted by molar-refractivity contribution is -0.880. The molecule has 1 aliphatic heterocycles. The fourth-order valence-electron chi connectivity index (χ4n) is 3.09. The summed E-state index contributed by atoms with van der Waals surface area (Å²) in [5.41, 5.74) is 1.36. The van der Waals surface area contributed by atoms with Crippen LogP contribution in [0.25, 0.3) is 0 Å². The first-order valence-electron chi connectivity index (χ1n) is 8.78. The van der Waals surface area contributed by atoms with Gasteiger partial charge in [-0.2, -0.15) is 0 Å². The number of rotatable bonds is 5. The molecule has 2 aromatic carbocycles. The minimum Gasteiger partial charge on any atom is -0.497 e. The van der Waals surface area contributed by atoms with Crippen LogP contribution >= 0.6 is 0 Å². The second kappa shape index (κ2) is 8.05. The highest BCUT2D eigenvalue weighted by Gasteiger charge is 2.25. The summed E-state index contributed by atoms with van der Waals surface area (Å²) < 4.78 is 5.08. The Kier molecular flexibility index (Phi) is 5.56. The second-order valence-electron chi connectivity index (χ2n) is 6.59. The normalized spacial score (nSPS) is 14.7. The molecule has 8 nitrogen and oxygen atoms in total. The van der Waals surface area contributed by atoms with E-state index in [0.29, 0.717) is 17.1 Å². The van der Waals surface area contributed by atoms with Gasteiger partial charge in [0.1, 0.15) is 11.4 Å². The van der Waals surface area contributed by atoms with Crippen LogP contribution in [-0.2, 0) is 0 Å². The number of piperazine rings is 1. The average molecular weight is 371 g/mol.